The van der Waals surface area contributed by atoms with Crippen LogP contribution in [0.15, 0.2) is 48.5 Å². The molecule has 0 saturated carbocycles. The highest BCUT2D eigenvalue weighted by Crippen LogP contribution is 2.45. The van der Waals surface area contributed by atoms with E-state index >= 15 is 0 Å². The fourth-order valence-electron chi connectivity index (χ4n) is 7.49. The highest BCUT2D eigenvalue weighted by atomic mass is 35.5. The normalized spacial score (nSPS) is 15.5. The van der Waals surface area contributed by atoms with Gasteiger partial charge in [0.05, 0.1) is 66.7 Å². The van der Waals surface area contributed by atoms with Crippen molar-refractivity contribution in [2.45, 2.75) is 171 Å². The summed E-state index contributed by atoms with van der Waals surface area (Å²) in [7, 11) is 0. The Kier molecular flexibility index (Phi) is 24.3. The number of hydrogen-bond donors (Lipinski definition) is 2. The molecule has 1 aliphatic heterocycles. The molecular formula is C56H77Cl7O6. The first-order valence-corrected chi connectivity index (χ1v) is 26.9. The summed E-state index contributed by atoms with van der Waals surface area (Å²) in [5.41, 5.74) is 3.96. The number of phenols is 2. The SMILES string of the molecule is CCC(C)(C)CCC1CO1.CCC(C)C(C)CCC(C)Oc1c(Cl)cc(C(C)(C)c2cc(Cl)c(O)c(Cl)c2)cc1Cl.CCOCCC(C)Oc1c(Cl)cc(C(C)(C)c2cc(C)c(O)c(Cl)c2)cc1Cl. The van der Waals surface area contributed by atoms with Crippen molar-refractivity contribution >= 4 is 81.2 Å². The lowest BCUT2D eigenvalue weighted by Gasteiger charge is -2.28. The zero-order valence-corrected chi connectivity index (χ0v) is 48.5. The number of ether oxygens (including phenoxy) is 4. The second kappa shape index (κ2) is 27.4. The van der Waals surface area contributed by atoms with Crippen LogP contribution in [-0.2, 0) is 20.3 Å². The lowest BCUT2D eigenvalue weighted by Crippen LogP contribution is -2.20. The first-order valence-electron chi connectivity index (χ1n) is 24.3. The molecule has 0 aliphatic carbocycles. The van der Waals surface area contributed by atoms with Crippen LogP contribution in [0, 0.1) is 24.2 Å². The van der Waals surface area contributed by atoms with Crippen LogP contribution in [-0.4, -0.2) is 48.3 Å². The van der Waals surface area contributed by atoms with Crippen LogP contribution in [0.5, 0.6) is 23.0 Å². The highest BCUT2D eigenvalue weighted by Gasteiger charge is 2.30. The van der Waals surface area contributed by atoms with Gasteiger partial charge in [-0.2, -0.15) is 0 Å². The maximum Gasteiger partial charge on any atom is 0.156 e. The first kappa shape index (κ1) is 61.3. The Hall–Kier alpha value is -1.97. The van der Waals surface area contributed by atoms with Gasteiger partial charge in [-0.25, -0.2) is 0 Å². The van der Waals surface area contributed by atoms with Crippen LogP contribution in [0.1, 0.15) is 163 Å². The van der Waals surface area contributed by atoms with E-state index in [1.54, 1.807) is 18.2 Å². The molecule has 1 aliphatic rings. The van der Waals surface area contributed by atoms with Crippen molar-refractivity contribution in [2.24, 2.45) is 17.3 Å². The van der Waals surface area contributed by atoms with Crippen LogP contribution < -0.4 is 9.47 Å². The van der Waals surface area contributed by atoms with Gasteiger partial charge in [-0.1, -0.05) is 169 Å². The summed E-state index contributed by atoms with van der Waals surface area (Å²) in [5.74, 6) is 2.30. The molecule has 5 atom stereocenters. The third-order valence-corrected chi connectivity index (χ3v) is 15.8. The molecule has 2 N–H and O–H groups in total. The number of hydrogen-bond acceptors (Lipinski definition) is 6. The van der Waals surface area contributed by atoms with E-state index in [2.05, 4.69) is 55.4 Å². The van der Waals surface area contributed by atoms with Crippen molar-refractivity contribution in [3.05, 3.63) is 112 Å². The Morgan fingerprint density at radius 2 is 0.971 bits per heavy atom. The van der Waals surface area contributed by atoms with Gasteiger partial charge in [-0.3, -0.25) is 0 Å². The predicted molar refractivity (Wildman–Crippen MR) is 295 cm³/mol. The van der Waals surface area contributed by atoms with Gasteiger partial charge in [0.15, 0.2) is 17.2 Å². The van der Waals surface area contributed by atoms with Crippen molar-refractivity contribution in [3.8, 4) is 23.0 Å². The lowest BCUT2D eigenvalue weighted by atomic mass is 9.77. The van der Waals surface area contributed by atoms with Gasteiger partial charge in [-0.05, 0) is 141 Å². The molecule has 69 heavy (non-hydrogen) atoms. The van der Waals surface area contributed by atoms with E-state index in [1.807, 2.05) is 71.9 Å². The summed E-state index contributed by atoms with van der Waals surface area (Å²) in [6.07, 6.45) is 8.38. The van der Waals surface area contributed by atoms with Gasteiger partial charge < -0.3 is 29.2 Å². The molecule has 386 valence electrons. The van der Waals surface area contributed by atoms with E-state index in [0.29, 0.717) is 73.2 Å². The number of aromatic hydroxyl groups is 2. The van der Waals surface area contributed by atoms with Crippen molar-refractivity contribution in [3.63, 3.8) is 0 Å². The zero-order valence-electron chi connectivity index (χ0n) is 43.2. The topological polar surface area (TPSA) is 80.7 Å². The summed E-state index contributed by atoms with van der Waals surface area (Å²) in [5, 5.41) is 22.4. The van der Waals surface area contributed by atoms with Crippen LogP contribution in [0.3, 0.4) is 0 Å². The maximum absolute atomic E-state index is 9.95. The second-order valence-corrected chi connectivity index (χ2v) is 23.3. The molecule has 4 aromatic rings. The van der Waals surface area contributed by atoms with Crippen LogP contribution >= 0.6 is 81.2 Å². The van der Waals surface area contributed by atoms with Crippen LogP contribution in [0.25, 0.3) is 0 Å². The molecule has 6 nitrogen and oxygen atoms in total. The van der Waals surface area contributed by atoms with Gasteiger partial charge in [0.1, 0.15) is 5.75 Å². The summed E-state index contributed by atoms with van der Waals surface area (Å²) in [6, 6.07) is 14.6. The number of aryl methyl sites for hydroxylation is 1. The average molecular weight is 1090 g/mol. The van der Waals surface area contributed by atoms with E-state index in [1.165, 1.54) is 25.7 Å². The quantitative estimate of drug-likeness (QED) is 0.0639. The fraction of sp³-hybridized carbons (Fsp3) is 0.571. The Bertz CT molecular complexity index is 2180. The molecule has 1 fully saturated rings. The zero-order chi connectivity index (χ0) is 52.2. The molecule has 13 heteroatoms. The van der Waals surface area contributed by atoms with Crippen molar-refractivity contribution in [2.75, 3.05) is 19.8 Å². The molecule has 1 saturated heterocycles. The fourth-order valence-corrected chi connectivity index (χ4v) is 9.39. The minimum Gasteiger partial charge on any atom is -0.506 e. The summed E-state index contributed by atoms with van der Waals surface area (Å²) in [4.78, 5) is 0. The van der Waals surface area contributed by atoms with E-state index in [4.69, 9.17) is 100 Å². The number of benzene rings is 4. The molecule has 0 spiro atoms. The molecule has 1 heterocycles. The van der Waals surface area contributed by atoms with E-state index in [-0.39, 0.29) is 33.8 Å². The van der Waals surface area contributed by atoms with Crippen LogP contribution in [0.4, 0.5) is 0 Å². The second-order valence-electron chi connectivity index (χ2n) is 20.5. The minimum atomic E-state index is -0.496. The molecule has 5 unspecified atom stereocenters. The Morgan fingerprint density at radius 1 is 0.580 bits per heavy atom. The summed E-state index contributed by atoms with van der Waals surface area (Å²) < 4.78 is 22.6. The third kappa shape index (κ3) is 18.2. The predicted octanol–water partition coefficient (Wildman–Crippen LogP) is 19.3. The first-order chi connectivity index (χ1) is 32.1. The van der Waals surface area contributed by atoms with Gasteiger partial charge in [0, 0.05) is 23.9 Å². The summed E-state index contributed by atoms with van der Waals surface area (Å²) in [6.45, 7) is 32.0. The highest BCUT2D eigenvalue weighted by molar-refractivity contribution is 6.38. The molecule has 4 aromatic carbocycles. The number of halogens is 7. The molecule has 0 radical (unpaired) electrons. The van der Waals surface area contributed by atoms with E-state index in [9.17, 15) is 10.2 Å². The van der Waals surface area contributed by atoms with Gasteiger partial charge in [0.25, 0.3) is 0 Å². The molecule has 0 amide bonds. The molecule has 0 bridgehead atoms. The summed E-state index contributed by atoms with van der Waals surface area (Å²) >= 11 is 44.7. The Balaban J connectivity index is 0.000000305. The van der Waals surface area contributed by atoms with Gasteiger partial charge >= 0.3 is 0 Å². The van der Waals surface area contributed by atoms with E-state index in [0.717, 1.165) is 53.7 Å². The third-order valence-electron chi connectivity index (χ3n) is 13.8. The van der Waals surface area contributed by atoms with Crippen molar-refractivity contribution < 1.29 is 29.2 Å². The number of phenolic OH excluding ortho intramolecular Hbond substituents is 2. The average Bonchev–Trinajstić information content (AvgIpc) is 4.13. The van der Waals surface area contributed by atoms with Crippen molar-refractivity contribution in [1.29, 1.82) is 0 Å². The molecule has 0 aromatic heterocycles. The largest absolute Gasteiger partial charge is 0.506 e. The molecule has 5 rings (SSSR count). The lowest BCUT2D eigenvalue weighted by molar-refractivity contribution is 0.106. The Labute approximate surface area is 449 Å². The van der Waals surface area contributed by atoms with Gasteiger partial charge in [0.2, 0.25) is 0 Å². The van der Waals surface area contributed by atoms with Gasteiger partial charge in [-0.15, -0.1) is 0 Å². The standard InChI is InChI=1S/C25H32Cl4O2.C22H27Cl3O3.C9H18O/c1-7-14(2)15(3)8-9-16(4)31-24-21(28)12-18(13-22(24)29)25(5,6)17-10-19(26)23(30)20(27)11-17;1-6-27-8-7-14(3)28-21-18(24)11-16(12-19(21)25)22(4,5)15-9-13(2)20(26)17(23)10-15;1-4-9(2,3)6-5-8-7-10-8/h10-16,30H,7-9H2,1-6H3;9-12,14,26H,6-8H2,1-5H3;8H,4-7H2,1-3H3. The smallest absolute Gasteiger partial charge is 0.156 e. The maximum atomic E-state index is 9.95. The van der Waals surface area contributed by atoms with Crippen LogP contribution in [0.2, 0.25) is 35.2 Å². The number of epoxide rings is 1. The Morgan fingerprint density at radius 3 is 1.35 bits per heavy atom. The monoisotopic (exact) mass is 1090 g/mol. The number of rotatable bonds is 21. The minimum absolute atomic E-state index is 0.00933. The molecular weight excluding hydrogens is 1020 g/mol. The van der Waals surface area contributed by atoms with Crippen molar-refractivity contribution in [1.82, 2.24) is 0 Å². The van der Waals surface area contributed by atoms with E-state index < -0.39 is 10.8 Å².